The van der Waals surface area contributed by atoms with Gasteiger partial charge >= 0.3 is 0 Å². The quantitative estimate of drug-likeness (QED) is 0.884. The molecular formula is C16H27N3. The first kappa shape index (κ1) is 14.3. The fourth-order valence-corrected chi connectivity index (χ4v) is 3.01. The number of nitrogens with two attached hydrogens (primary N) is 1. The Kier molecular flexibility index (Phi) is 5.20. The van der Waals surface area contributed by atoms with Gasteiger partial charge in [0.25, 0.3) is 0 Å². The van der Waals surface area contributed by atoms with Gasteiger partial charge in [0.2, 0.25) is 0 Å². The summed E-state index contributed by atoms with van der Waals surface area (Å²) in [5, 5.41) is 0. The van der Waals surface area contributed by atoms with E-state index in [-0.39, 0.29) is 0 Å². The second-order valence-electron chi connectivity index (χ2n) is 5.51. The third-order valence-electron chi connectivity index (χ3n) is 4.07. The molecule has 1 unspecified atom stereocenters. The standard InChI is InChI=1S/C16H27N3/c1-3-7-15-8-5-6-9-19(15)16-11-13(12-17)10-14(4-2)18-16/h10-11,15H,3-9,12,17H2,1-2H3. The van der Waals surface area contributed by atoms with E-state index in [0.29, 0.717) is 12.6 Å². The van der Waals surface area contributed by atoms with Crippen molar-refractivity contribution < 1.29 is 0 Å². The first-order chi connectivity index (χ1) is 9.28. The second-order valence-corrected chi connectivity index (χ2v) is 5.51. The summed E-state index contributed by atoms with van der Waals surface area (Å²) in [6.45, 7) is 6.18. The van der Waals surface area contributed by atoms with Crippen molar-refractivity contribution in [1.82, 2.24) is 4.98 Å². The molecule has 3 heteroatoms. The van der Waals surface area contributed by atoms with Gasteiger partial charge in [-0.25, -0.2) is 4.98 Å². The highest BCUT2D eigenvalue weighted by atomic mass is 15.2. The monoisotopic (exact) mass is 261 g/mol. The molecule has 0 spiro atoms. The highest BCUT2D eigenvalue weighted by molar-refractivity contribution is 5.44. The number of nitrogens with zero attached hydrogens (tertiary/aromatic N) is 2. The van der Waals surface area contributed by atoms with Crippen LogP contribution in [-0.4, -0.2) is 17.6 Å². The Morgan fingerprint density at radius 2 is 2.16 bits per heavy atom. The second kappa shape index (κ2) is 6.90. The van der Waals surface area contributed by atoms with E-state index in [0.717, 1.165) is 18.8 Å². The van der Waals surface area contributed by atoms with Crippen molar-refractivity contribution in [2.45, 2.75) is 65.0 Å². The van der Waals surface area contributed by atoms with Crippen molar-refractivity contribution in [2.24, 2.45) is 5.73 Å². The van der Waals surface area contributed by atoms with Gasteiger partial charge in [-0.2, -0.15) is 0 Å². The predicted octanol–water partition coefficient (Wildman–Crippen LogP) is 3.26. The van der Waals surface area contributed by atoms with E-state index in [1.165, 1.54) is 43.4 Å². The average molecular weight is 261 g/mol. The molecule has 0 bridgehead atoms. The summed E-state index contributed by atoms with van der Waals surface area (Å²) in [5.41, 5.74) is 8.20. The van der Waals surface area contributed by atoms with Crippen LogP contribution in [0.2, 0.25) is 0 Å². The van der Waals surface area contributed by atoms with Crippen LogP contribution in [-0.2, 0) is 13.0 Å². The van der Waals surface area contributed by atoms with Gasteiger partial charge in [0.1, 0.15) is 5.82 Å². The molecule has 1 aliphatic heterocycles. The minimum Gasteiger partial charge on any atom is -0.354 e. The minimum absolute atomic E-state index is 0.606. The molecule has 2 N–H and O–H groups in total. The Balaban J connectivity index is 2.26. The SMILES string of the molecule is CCCC1CCCCN1c1cc(CN)cc(CC)n1. The molecule has 19 heavy (non-hydrogen) atoms. The first-order valence-electron chi connectivity index (χ1n) is 7.75. The van der Waals surface area contributed by atoms with E-state index >= 15 is 0 Å². The van der Waals surface area contributed by atoms with E-state index < -0.39 is 0 Å². The normalized spacial score (nSPS) is 19.7. The summed E-state index contributed by atoms with van der Waals surface area (Å²) in [7, 11) is 0. The van der Waals surface area contributed by atoms with Crippen LogP contribution in [0.15, 0.2) is 12.1 Å². The van der Waals surface area contributed by atoms with Gasteiger partial charge in [-0.15, -0.1) is 0 Å². The summed E-state index contributed by atoms with van der Waals surface area (Å²) in [5.74, 6) is 1.15. The predicted molar refractivity (Wildman–Crippen MR) is 81.4 cm³/mol. The maximum Gasteiger partial charge on any atom is 0.129 e. The van der Waals surface area contributed by atoms with E-state index in [1.807, 2.05) is 0 Å². The van der Waals surface area contributed by atoms with Crippen LogP contribution < -0.4 is 10.6 Å². The molecule has 1 atom stereocenters. The summed E-state index contributed by atoms with van der Waals surface area (Å²) in [6.07, 6.45) is 7.46. The number of hydrogen-bond acceptors (Lipinski definition) is 3. The molecule has 0 saturated carbocycles. The third kappa shape index (κ3) is 3.47. The number of hydrogen-bond donors (Lipinski definition) is 1. The summed E-state index contributed by atoms with van der Waals surface area (Å²) < 4.78 is 0. The van der Waals surface area contributed by atoms with E-state index in [4.69, 9.17) is 10.7 Å². The molecule has 1 fully saturated rings. The van der Waals surface area contributed by atoms with E-state index in [1.54, 1.807) is 0 Å². The van der Waals surface area contributed by atoms with Gasteiger partial charge in [-0.05, 0) is 49.8 Å². The number of piperidine rings is 1. The minimum atomic E-state index is 0.606. The van der Waals surface area contributed by atoms with Crippen LogP contribution in [0.4, 0.5) is 5.82 Å². The number of aryl methyl sites for hydroxylation is 1. The van der Waals surface area contributed by atoms with Crippen LogP contribution >= 0.6 is 0 Å². The number of aromatic nitrogens is 1. The smallest absolute Gasteiger partial charge is 0.129 e. The van der Waals surface area contributed by atoms with Crippen LogP contribution in [0.5, 0.6) is 0 Å². The molecule has 1 aromatic heterocycles. The van der Waals surface area contributed by atoms with Crippen molar-refractivity contribution >= 4 is 5.82 Å². The zero-order valence-electron chi connectivity index (χ0n) is 12.4. The van der Waals surface area contributed by atoms with E-state index in [2.05, 4.69) is 30.9 Å². The van der Waals surface area contributed by atoms with Crippen LogP contribution in [0.1, 0.15) is 57.2 Å². The largest absolute Gasteiger partial charge is 0.354 e. The Morgan fingerprint density at radius 3 is 2.84 bits per heavy atom. The Hall–Kier alpha value is -1.09. The first-order valence-corrected chi connectivity index (χ1v) is 7.75. The molecule has 106 valence electrons. The van der Waals surface area contributed by atoms with Crippen LogP contribution in [0.3, 0.4) is 0 Å². The molecule has 0 aliphatic carbocycles. The zero-order chi connectivity index (χ0) is 13.7. The van der Waals surface area contributed by atoms with Crippen molar-refractivity contribution in [2.75, 3.05) is 11.4 Å². The lowest BCUT2D eigenvalue weighted by Gasteiger charge is -2.37. The maximum absolute atomic E-state index is 5.82. The summed E-state index contributed by atoms with van der Waals surface area (Å²) in [4.78, 5) is 7.35. The van der Waals surface area contributed by atoms with Crippen LogP contribution in [0, 0.1) is 0 Å². The van der Waals surface area contributed by atoms with Gasteiger partial charge in [-0.3, -0.25) is 0 Å². The molecule has 1 aliphatic rings. The highest BCUT2D eigenvalue weighted by Crippen LogP contribution is 2.27. The van der Waals surface area contributed by atoms with Crippen molar-refractivity contribution in [3.63, 3.8) is 0 Å². The summed E-state index contributed by atoms with van der Waals surface area (Å²) >= 11 is 0. The van der Waals surface area contributed by atoms with Crippen molar-refractivity contribution in [1.29, 1.82) is 0 Å². The van der Waals surface area contributed by atoms with E-state index in [9.17, 15) is 0 Å². The Morgan fingerprint density at radius 1 is 1.32 bits per heavy atom. The lowest BCUT2D eigenvalue weighted by molar-refractivity contribution is 0.431. The lowest BCUT2D eigenvalue weighted by atomic mass is 9.98. The fourth-order valence-electron chi connectivity index (χ4n) is 3.01. The van der Waals surface area contributed by atoms with Crippen LogP contribution in [0.25, 0.3) is 0 Å². The Bertz CT molecular complexity index is 379. The number of rotatable bonds is 5. The summed E-state index contributed by atoms with van der Waals surface area (Å²) in [6, 6.07) is 5.00. The molecule has 2 heterocycles. The number of anilines is 1. The number of pyridine rings is 1. The van der Waals surface area contributed by atoms with Crippen molar-refractivity contribution in [3.05, 3.63) is 23.4 Å². The van der Waals surface area contributed by atoms with Gasteiger partial charge in [0, 0.05) is 24.8 Å². The topological polar surface area (TPSA) is 42.1 Å². The van der Waals surface area contributed by atoms with Gasteiger partial charge in [0.15, 0.2) is 0 Å². The van der Waals surface area contributed by atoms with Gasteiger partial charge in [0.05, 0.1) is 0 Å². The van der Waals surface area contributed by atoms with Crippen molar-refractivity contribution in [3.8, 4) is 0 Å². The zero-order valence-corrected chi connectivity index (χ0v) is 12.4. The molecular weight excluding hydrogens is 234 g/mol. The molecule has 3 nitrogen and oxygen atoms in total. The fraction of sp³-hybridized carbons (Fsp3) is 0.688. The highest BCUT2D eigenvalue weighted by Gasteiger charge is 2.23. The molecule has 1 aromatic rings. The molecule has 2 rings (SSSR count). The molecule has 1 saturated heterocycles. The third-order valence-corrected chi connectivity index (χ3v) is 4.07. The van der Waals surface area contributed by atoms with Gasteiger partial charge in [-0.1, -0.05) is 20.3 Å². The van der Waals surface area contributed by atoms with Gasteiger partial charge < -0.3 is 10.6 Å². The average Bonchev–Trinajstić information content (AvgIpc) is 2.47. The maximum atomic E-state index is 5.82. The lowest BCUT2D eigenvalue weighted by Crippen LogP contribution is -2.40. The molecule has 0 aromatic carbocycles. The molecule has 0 amide bonds. The molecule has 0 radical (unpaired) electrons. The Labute approximate surface area is 117 Å².